The molecule has 2 aromatic carbocycles. The molecule has 0 saturated carbocycles. The molecule has 1 aromatic heterocycles. The summed E-state index contributed by atoms with van der Waals surface area (Å²) < 4.78 is 30.2. The molecule has 1 N–H and O–H groups in total. The molecule has 10 heteroatoms. The lowest BCUT2D eigenvalue weighted by molar-refractivity contribution is 0.250. The van der Waals surface area contributed by atoms with Crippen LogP contribution in [0.2, 0.25) is 0 Å². The zero-order valence-corrected chi connectivity index (χ0v) is 21.9. The molecule has 0 atom stereocenters. The molecule has 1 saturated heterocycles. The second-order valence-electron chi connectivity index (χ2n) is 9.91. The third-order valence-corrected chi connectivity index (χ3v) is 9.41. The Bertz CT molecular complexity index is 1420. The fourth-order valence-corrected chi connectivity index (χ4v) is 6.59. The number of aromatic nitrogens is 2. The number of fused-ring (bicyclic) bond motifs is 2. The van der Waals surface area contributed by atoms with Crippen LogP contribution in [-0.4, -0.2) is 78.7 Å². The van der Waals surface area contributed by atoms with Crippen molar-refractivity contribution in [2.24, 2.45) is 0 Å². The highest BCUT2D eigenvalue weighted by molar-refractivity contribution is 7.89. The number of aromatic hydroxyl groups is 1. The SMILES string of the molecule is CN(C)S(=O)(=O)c1cccc2c(N3CCN(CCCCn4c(O)c5n(c4=O)CCC5)CC3)cccc12. The number of piperazine rings is 1. The number of hydrogen-bond donors (Lipinski definition) is 1. The third kappa shape index (κ3) is 4.42. The third-order valence-electron chi connectivity index (χ3n) is 7.53. The zero-order valence-electron chi connectivity index (χ0n) is 21.1. The van der Waals surface area contributed by atoms with Crippen molar-refractivity contribution in [2.45, 2.75) is 43.7 Å². The lowest BCUT2D eigenvalue weighted by Crippen LogP contribution is -2.46. The van der Waals surface area contributed by atoms with Gasteiger partial charge in [0.05, 0.1) is 10.6 Å². The van der Waals surface area contributed by atoms with Crippen LogP contribution >= 0.6 is 0 Å². The van der Waals surface area contributed by atoms with Gasteiger partial charge < -0.3 is 10.0 Å². The summed E-state index contributed by atoms with van der Waals surface area (Å²) >= 11 is 0. The second kappa shape index (κ2) is 9.91. The standard InChI is InChI=1S/C26H35N5O4S/c1-27(2)36(34,35)24-12-6-8-20-21(24)9-5-10-22(20)29-18-16-28(17-19-29)13-3-4-14-31-25(32)23-11-7-15-30(23)26(31)33/h5-6,8-10,12,32H,3-4,7,11,13-19H2,1-2H3. The minimum absolute atomic E-state index is 0.0785. The molecule has 0 aliphatic carbocycles. The van der Waals surface area contributed by atoms with Crippen LogP contribution in [0, 0.1) is 0 Å². The van der Waals surface area contributed by atoms with Crippen molar-refractivity contribution in [1.29, 1.82) is 0 Å². The van der Waals surface area contributed by atoms with E-state index in [1.54, 1.807) is 24.7 Å². The van der Waals surface area contributed by atoms with E-state index in [1.807, 2.05) is 24.3 Å². The van der Waals surface area contributed by atoms with Gasteiger partial charge in [-0.05, 0) is 44.4 Å². The highest BCUT2D eigenvalue weighted by Gasteiger charge is 2.24. The molecule has 0 amide bonds. The minimum atomic E-state index is -3.53. The van der Waals surface area contributed by atoms with Crippen LogP contribution in [-0.2, 0) is 29.5 Å². The van der Waals surface area contributed by atoms with E-state index in [-0.39, 0.29) is 11.6 Å². The first kappa shape index (κ1) is 24.9. The molecule has 2 aliphatic heterocycles. The van der Waals surface area contributed by atoms with E-state index in [2.05, 4.69) is 15.9 Å². The van der Waals surface area contributed by atoms with Crippen LogP contribution in [0.1, 0.15) is 25.0 Å². The van der Waals surface area contributed by atoms with Gasteiger partial charge in [0.2, 0.25) is 15.9 Å². The first-order valence-corrected chi connectivity index (χ1v) is 14.2. The molecule has 36 heavy (non-hydrogen) atoms. The van der Waals surface area contributed by atoms with Gasteiger partial charge in [0, 0.05) is 69.8 Å². The number of hydrogen-bond acceptors (Lipinski definition) is 6. The van der Waals surface area contributed by atoms with Gasteiger partial charge in [0.25, 0.3) is 0 Å². The van der Waals surface area contributed by atoms with Gasteiger partial charge in [-0.3, -0.25) is 14.0 Å². The summed E-state index contributed by atoms with van der Waals surface area (Å²) in [6, 6.07) is 11.4. The van der Waals surface area contributed by atoms with Crippen molar-refractivity contribution in [1.82, 2.24) is 18.3 Å². The number of rotatable bonds is 8. The van der Waals surface area contributed by atoms with Crippen molar-refractivity contribution in [3.8, 4) is 5.88 Å². The average molecular weight is 514 g/mol. The van der Waals surface area contributed by atoms with Crippen LogP contribution in [0.15, 0.2) is 46.1 Å². The highest BCUT2D eigenvalue weighted by Crippen LogP contribution is 2.32. The van der Waals surface area contributed by atoms with Gasteiger partial charge in [-0.25, -0.2) is 17.5 Å². The van der Waals surface area contributed by atoms with Crippen molar-refractivity contribution in [3.05, 3.63) is 52.6 Å². The molecular weight excluding hydrogens is 478 g/mol. The molecule has 1 fully saturated rings. The summed E-state index contributed by atoms with van der Waals surface area (Å²) in [7, 11) is -0.412. The predicted octanol–water partition coefficient (Wildman–Crippen LogP) is 2.31. The number of nitrogens with zero attached hydrogens (tertiary/aromatic N) is 5. The molecule has 9 nitrogen and oxygen atoms in total. The second-order valence-corrected chi connectivity index (χ2v) is 12.0. The van der Waals surface area contributed by atoms with E-state index in [0.717, 1.165) is 80.6 Å². The molecule has 0 spiro atoms. The average Bonchev–Trinajstić information content (AvgIpc) is 3.45. The lowest BCUT2D eigenvalue weighted by atomic mass is 10.1. The number of anilines is 1. The van der Waals surface area contributed by atoms with Crippen molar-refractivity contribution >= 4 is 26.5 Å². The Labute approximate surface area is 212 Å². The fraction of sp³-hybridized carbons (Fsp3) is 0.500. The minimum Gasteiger partial charge on any atom is -0.493 e. The molecule has 2 aliphatic rings. The Morgan fingerprint density at radius 3 is 2.33 bits per heavy atom. The van der Waals surface area contributed by atoms with Crippen molar-refractivity contribution in [2.75, 3.05) is 51.7 Å². The van der Waals surface area contributed by atoms with Crippen molar-refractivity contribution in [3.63, 3.8) is 0 Å². The lowest BCUT2D eigenvalue weighted by Gasteiger charge is -2.36. The molecule has 3 aromatic rings. The van der Waals surface area contributed by atoms with E-state index in [0.29, 0.717) is 18.0 Å². The summed E-state index contributed by atoms with van der Waals surface area (Å²) in [6.07, 6.45) is 3.53. The Morgan fingerprint density at radius 1 is 0.917 bits per heavy atom. The van der Waals surface area contributed by atoms with Crippen LogP contribution in [0.5, 0.6) is 5.88 Å². The van der Waals surface area contributed by atoms with Gasteiger partial charge in [-0.15, -0.1) is 0 Å². The van der Waals surface area contributed by atoms with Gasteiger partial charge >= 0.3 is 5.69 Å². The van der Waals surface area contributed by atoms with Crippen LogP contribution in [0.25, 0.3) is 10.8 Å². The quantitative estimate of drug-likeness (QED) is 0.465. The molecular formula is C26H35N5O4S. The molecule has 0 radical (unpaired) electrons. The van der Waals surface area contributed by atoms with E-state index >= 15 is 0 Å². The van der Waals surface area contributed by atoms with Gasteiger partial charge in [0.1, 0.15) is 0 Å². The number of unbranched alkanes of at least 4 members (excludes halogenated alkanes) is 1. The first-order valence-electron chi connectivity index (χ1n) is 12.7. The molecule has 194 valence electrons. The van der Waals surface area contributed by atoms with E-state index in [1.165, 1.54) is 8.87 Å². The first-order chi connectivity index (χ1) is 17.3. The largest absolute Gasteiger partial charge is 0.493 e. The maximum absolute atomic E-state index is 12.8. The zero-order chi connectivity index (χ0) is 25.4. The Hall–Kier alpha value is -2.82. The Balaban J connectivity index is 1.19. The van der Waals surface area contributed by atoms with Crippen molar-refractivity contribution < 1.29 is 13.5 Å². The summed E-state index contributed by atoms with van der Waals surface area (Å²) in [5, 5.41) is 12.1. The number of sulfonamides is 1. The van der Waals surface area contributed by atoms with E-state index < -0.39 is 10.0 Å². The molecule has 5 rings (SSSR count). The summed E-state index contributed by atoms with van der Waals surface area (Å²) in [4.78, 5) is 17.6. The van der Waals surface area contributed by atoms with Gasteiger partial charge in [0.15, 0.2) is 0 Å². The summed E-state index contributed by atoms with van der Waals surface area (Å²) in [5.74, 6) is 0.155. The summed E-state index contributed by atoms with van der Waals surface area (Å²) in [5.41, 5.74) is 1.78. The molecule has 0 bridgehead atoms. The van der Waals surface area contributed by atoms with E-state index in [9.17, 15) is 18.3 Å². The summed E-state index contributed by atoms with van der Waals surface area (Å²) in [6.45, 7) is 5.82. The molecule has 0 unspecified atom stereocenters. The monoisotopic (exact) mass is 513 g/mol. The van der Waals surface area contributed by atoms with Crippen LogP contribution in [0.4, 0.5) is 5.69 Å². The van der Waals surface area contributed by atoms with Gasteiger partial charge in [-0.2, -0.15) is 0 Å². The maximum Gasteiger partial charge on any atom is 0.331 e. The normalized spacial score (nSPS) is 16.8. The fourth-order valence-electron chi connectivity index (χ4n) is 5.49. The predicted molar refractivity (Wildman–Crippen MR) is 141 cm³/mol. The topological polar surface area (TPSA) is 91.0 Å². The van der Waals surface area contributed by atoms with Gasteiger partial charge in [-0.1, -0.05) is 24.3 Å². The van der Waals surface area contributed by atoms with Crippen LogP contribution in [0.3, 0.4) is 0 Å². The highest BCUT2D eigenvalue weighted by atomic mass is 32.2. The number of benzene rings is 2. The maximum atomic E-state index is 12.8. The Kier molecular flexibility index (Phi) is 6.84. The van der Waals surface area contributed by atoms with Crippen LogP contribution < -0.4 is 10.6 Å². The Morgan fingerprint density at radius 2 is 1.61 bits per heavy atom. The number of imidazole rings is 1. The smallest absolute Gasteiger partial charge is 0.331 e. The van der Waals surface area contributed by atoms with E-state index in [4.69, 9.17) is 0 Å². The molecule has 3 heterocycles.